The summed E-state index contributed by atoms with van der Waals surface area (Å²) >= 11 is 0. The molecule has 0 radical (unpaired) electrons. The van der Waals surface area contributed by atoms with Crippen LogP contribution in [0, 0.1) is 144 Å². The third-order valence-electron chi connectivity index (χ3n) is 17.2. The molecular weight excluding hydrogens is 1490 g/mol. The van der Waals surface area contributed by atoms with Crippen LogP contribution in [0.2, 0.25) is 0 Å². The first-order valence-corrected chi connectivity index (χ1v) is 45.0. The summed E-state index contributed by atoms with van der Waals surface area (Å²) in [5, 5.41) is 59.0. The molecule has 9 rings (SSSR count). The number of hydrogen-bond acceptors (Lipinski definition) is 19. The highest BCUT2D eigenvalue weighted by Crippen LogP contribution is 2.34. The van der Waals surface area contributed by atoms with Gasteiger partial charge in [-0.1, -0.05) is 88.8 Å². The number of nitrogens with zero attached hydrogens (tertiary/aromatic N) is 4. The minimum Gasteiger partial charge on any atom is -0.440 e. The molecule has 113 heavy (non-hydrogen) atoms. The number of sulfone groups is 2. The van der Waals surface area contributed by atoms with Gasteiger partial charge in [-0.15, -0.1) is 0 Å². The molecule has 0 bridgehead atoms. The second-order valence-corrected chi connectivity index (χ2v) is 47.4. The Labute approximate surface area is 688 Å². The van der Waals surface area contributed by atoms with Crippen LogP contribution in [0.1, 0.15) is 246 Å². The third kappa shape index (κ3) is 45.0. The van der Waals surface area contributed by atoms with Crippen LogP contribution >= 0.6 is 0 Å². The Morgan fingerprint density at radius 3 is 1.12 bits per heavy atom. The summed E-state index contributed by atoms with van der Waals surface area (Å²) in [6, 6.07) is -0.124. The topological polar surface area (TPSA) is 298 Å². The van der Waals surface area contributed by atoms with Crippen molar-refractivity contribution >= 4 is 42.4 Å². The number of likely N-dealkylation sites (tertiary alicyclic amines) is 4. The predicted octanol–water partition coefficient (Wildman–Crippen LogP) is 8.92. The van der Waals surface area contributed by atoms with Crippen LogP contribution < -0.4 is 5.73 Å². The van der Waals surface area contributed by atoms with E-state index in [2.05, 4.69) is 199 Å². The van der Waals surface area contributed by atoms with E-state index in [0.29, 0.717) is 56.9 Å². The maximum absolute atomic E-state index is 11.4. The van der Waals surface area contributed by atoms with Gasteiger partial charge in [0.25, 0.3) is 0 Å². The second-order valence-electron chi connectivity index (χ2n) is 41.5. The van der Waals surface area contributed by atoms with Gasteiger partial charge in [0.05, 0.1) is 53.1 Å². The summed E-state index contributed by atoms with van der Waals surface area (Å²) < 4.78 is 65.0. The molecule has 9 aliphatic rings. The molecule has 8 aliphatic heterocycles. The first kappa shape index (κ1) is 104. The molecule has 0 unspecified atom stereocenters. The number of hydrogen-bond donors (Lipinski definition) is 7. The van der Waals surface area contributed by atoms with E-state index in [1.807, 2.05) is 104 Å². The Balaban J connectivity index is 0.000000439. The van der Waals surface area contributed by atoms with Gasteiger partial charge in [0.2, 0.25) is 11.5 Å². The van der Waals surface area contributed by atoms with Crippen molar-refractivity contribution < 1.29 is 70.7 Å². The average Bonchev–Trinajstić information content (AvgIpc) is 1.06. The monoisotopic (exact) mass is 1630 g/mol. The van der Waals surface area contributed by atoms with Gasteiger partial charge in [-0.2, -0.15) is 0 Å². The normalized spacial score (nSPS) is 23.3. The molecule has 8 saturated heterocycles. The average molecular weight is 1640 g/mol. The predicted molar refractivity (Wildman–Crippen MR) is 458 cm³/mol. The van der Waals surface area contributed by atoms with Crippen LogP contribution in [0.5, 0.6) is 0 Å². The van der Waals surface area contributed by atoms with Crippen molar-refractivity contribution in [2.75, 3.05) is 107 Å². The van der Waals surface area contributed by atoms with Crippen molar-refractivity contribution in [2.24, 2.45) is 55.0 Å². The lowest BCUT2D eigenvalue weighted by Gasteiger charge is -2.45. The number of esters is 1. The van der Waals surface area contributed by atoms with Gasteiger partial charge in [0.15, 0.2) is 42.1 Å². The van der Waals surface area contributed by atoms with Crippen molar-refractivity contribution in [1.82, 2.24) is 19.6 Å². The van der Waals surface area contributed by atoms with Crippen LogP contribution in [-0.4, -0.2) is 247 Å². The SMILES string of the molecule is CC(=O)N1CC(O)(C#CC(C)(C)C)C1.CC(C)(C)C#CC(C)(C)N1CCCC1.CC(C)(C)C#CC1(O)CCS(=O)(=O)CC1.CC(C)(C)C#CC1(O)CN(CC2CC2)C1.CC(C)(C)C#CC1(O)CS(=O)(=O)C1.CC(C)(C)C#CC1(O)CS(=O)C1.CC(C)N1CC(O)(C#CC(C)(C)C)C1.C[C@H](N)C(=O)OC1(C#CC(C)(C)C)COC1. The molecule has 640 valence electrons. The Bertz CT molecular complexity index is 3980. The van der Waals surface area contributed by atoms with Gasteiger partial charge >= 0.3 is 5.97 Å². The number of amides is 1. The lowest BCUT2D eigenvalue weighted by Crippen LogP contribution is -2.63. The quantitative estimate of drug-likeness (QED) is 0.0964. The molecule has 0 aromatic rings. The smallest absolute Gasteiger partial charge is 0.324 e. The third-order valence-corrected chi connectivity index (χ3v) is 22.3. The summed E-state index contributed by atoms with van der Waals surface area (Å²) in [7, 11) is -6.79. The first-order chi connectivity index (χ1) is 50.4. The number of carbonyl (C=O) groups excluding carboxylic acids is 2. The highest BCUT2D eigenvalue weighted by Gasteiger charge is 2.48. The first-order valence-electron chi connectivity index (χ1n) is 39.9. The van der Waals surface area contributed by atoms with Gasteiger partial charge in [-0.05, 0) is 251 Å². The van der Waals surface area contributed by atoms with Gasteiger partial charge in [-0.3, -0.25) is 28.5 Å². The highest BCUT2D eigenvalue weighted by atomic mass is 32.2. The zero-order valence-corrected chi connectivity index (χ0v) is 77.4. The number of ether oxygens (including phenoxy) is 2. The van der Waals surface area contributed by atoms with Crippen molar-refractivity contribution in [3.8, 4) is 94.7 Å². The maximum atomic E-state index is 11.4. The number of carbonyl (C=O) groups is 2. The van der Waals surface area contributed by atoms with Gasteiger partial charge < -0.3 is 50.7 Å². The lowest BCUT2D eigenvalue weighted by atomic mass is 9.90. The molecular formula is C90H147N5O15S3. The van der Waals surface area contributed by atoms with E-state index < -0.39 is 81.7 Å². The van der Waals surface area contributed by atoms with Crippen LogP contribution in [0.4, 0.5) is 0 Å². The van der Waals surface area contributed by atoms with E-state index in [4.69, 9.17) is 15.2 Å². The van der Waals surface area contributed by atoms with Gasteiger partial charge in [0.1, 0.15) is 30.5 Å². The molecule has 1 amide bonds. The van der Waals surface area contributed by atoms with Gasteiger partial charge in [-0.25, -0.2) is 16.8 Å². The van der Waals surface area contributed by atoms with Crippen LogP contribution in [-0.2, 0) is 49.5 Å². The van der Waals surface area contributed by atoms with E-state index in [1.165, 1.54) is 52.2 Å². The maximum Gasteiger partial charge on any atom is 0.324 e. The Morgan fingerprint density at radius 2 is 0.814 bits per heavy atom. The molecule has 1 aliphatic carbocycles. The number of rotatable bonds is 6. The van der Waals surface area contributed by atoms with Crippen molar-refractivity contribution in [3.63, 3.8) is 0 Å². The molecule has 9 fully saturated rings. The second kappa shape index (κ2) is 39.7. The van der Waals surface area contributed by atoms with E-state index in [0.717, 1.165) is 19.0 Å². The molecule has 0 spiro atoms. The summed E-state index contributed by atoms with van der Waals surface area (Å²) in [5.74, 6) is 48.6. The molecule has 8 heterocycles. The van der Waals surface area contributed by atoms with E-state index >= 15 is 0 Å². The fourth-order valence-corrected chi connectivity index (χ4v) is 14.5. The zero-order valence-electron chi connectivity index (χ0n) is 74.9. The largest absolute Gasteiger partial charge is 0.440 e. The molecule has 20 nitrogen and oxygen atoms in total. The minimum absolute atomic E-state index is 0.00719. The van der Waals surface area contributed by atoms with E-state index in [-0.39, 0.29) is 90.6 Å². The standard InChI is InChI=1S/C13H21NO.C13H23N.C12H19NO3.C12H21NO.C11H17NO2.C11H18O3S.C9H14O3S.C9H14O2S/c1-12(2,3)6-7-13(15)9-14(10-13)8-11-4-5-11;1-12(2,3)8-9-13(4,5)14-10-6-7-11-14;1-9(13)10(14)16-12(7-15-8-12)6-5-11(2,3)4;1-10(2)13-8-12(14,9-13)7-6-11(3,4)5;1-9(13)12-7-11(14,8-12)6-5-10(2,3)4;1-10(2,3)4-5-11(12)6-8-15(13,14)9-7-11;1-8(2,3)4-5-9(10)6-13(11,12)7-9;1-8(2,3)4-5-9(10)6-12(11)7-9/h11,15H,4-5,8-10H2,1-3H3;6-7,10-11H2,1-5H3;9H,7-8,13H2,1-4H3;10,14H,8-9H2,1-5H3;14H,7-8H2,1-4H3;12H,6-9H2,1-3H3;10H,6-7H2,1-3H3;10H,6-7H2,1-3H3/t;;9-;;;;;/m..0...../s1. The van der Waals surface area contributed by atoms with Crippen LogP contribution in [0.25, 0.3) is 0 Å². The van der Waals surface area contributed by atoms with E-state index in [9.17, 15) is 61.3 Å². The van der Waals surface area contributed by atoms with Crippen LogP contribution in [0.3, 0.4) is 0 Å². The summed E-state index contributed by atoms with van der Waals surface area (Å²) in [6.45, 7) is 68.1. The van der Waals surface area contributed by atoms with E-state index in [1.54, 1.807) is 11.8 Å². The summed E-state index contributed by atoms with van der Waals surface area (Å²) in [6.07, 6.45) is 5.89. The minimum atomic E-state index is -3.01. The molecule has 23 heteroatoms. The Hall–Kier alpha value is -4.97. The molecule has 1 atom stereocenters. The molecule has 1 saturated carbocycles. The van der Waals surface area contributed by atoms with Crippen molar-refractivity contribution in [3.05, 3.63) is 0 Å². The number of nitrogens with two attached hydrogens (primary N) is 1. The van der Waals surface area contributed by atoms with Crippen molar-refractivity contribution in [1.29, 1.82) is 0 Å². The molecule has 0 aromatic heterocycles. The summed E-state index contributed by atoms with van der Waals surface area (Å²) in [4.78, 5) is 30.9. The highest BCUT2D eigenvalue weighted by molar-refractivity contribution is 7.93. The lowest BCUT2D eigenvalue weighted by molar-refractivity contribution is -0.193. The van der Waals surface area contributed by atoms with Crippen molar-refractivity contribution in [2.45, 2.75) is 303 Å². The fraction of sp³-hybridized carbons (Fsp3) is 0.800. The van der Waals surface area contributed by atoms with Crippen LogP contribution in [0.15, 0.2) is 0 Å². The Kier molecular flexibility index (Phi) is 36.6. The van der Waals surface area contributed by atoms with Gasteiger partial charge in [0, 0.05) is 113 Å². The number of β-amino-alcohol motifs (C(OH)–C–C–N with tert-alkyl or cyclic N) is 3. The molecule has 0 aromatic carbocycles. The molecule has 8 N–H and O–H groups in total. The number of aliphatic hydroxyl groups is 6. The summed E-state index contributed by atoms with van der Waals surface area (Å²) in [5.41, 5.74) is -1.65. The fourth-order valence-electron chi connectivity index (χ4n) is 10.4. The zero-order chi connectivity index (χ0) is 87.8. The Morgan fingerprint density at radius 1 is 0.478 bits per heavy atom.